The van der Waals surface area contributed by atoms with Crippen molar-refractivity contribution >= 4 is 0 Å². The summed E-state index contributed by atoms with van der Waals surface area (Å²) < 4.78 is 28.4. The van der Waals surface area contributed by atoms with Gasteiger partial charge in [-0.1, -0.05) is 49.6 Å². The summed E-state index contributed by atoms with van der Waals surface area (Å²) >= 11 is 0. The third-order valence-electron chi connectivity index (χ3n) is 4.17. The Bertz CT molecular complexity index is 373. The van der Waals surface area contributed by atoms with Crippen LogP contribution in [0.15, 0.2) is 24.3 Å². The maximum Gasteiger partial charge on any atom is 0.254 e. The Balaban J connectivity index is 2.00. The zero-order valence-corrected chi connectivity index (χ0v) is 11.3. The second-order valence-electron chi connectivity index (χ2n) is 5.88. The lowest BCUT2D eigenvalue weighted by Gasteiger charge is -2.32. The van der Waals surface area contributed by atoms with Gasteiger partial charge in [0.2, 0.25) is 0 Å². The summed E-state index contributed by atoms with van der Waals surface area (Å²) in [6.45, 7) is 4.14. The van der Waals surface area contributed by atoms with Gasteiger partial charge in [-0.3, -0.25) is 0 Å². The Morgan fingerprint density at radius 3 is 2.17 bits per heavy atom. The normalized spacial score (nSPS) is 25.1. The molecule has 0 nitrogen and oxygen atoms in total. The van der Waals surface area contributed by atoms with Crippen molar-refractivity contribution in [3.8, 4) is 0 Å². The molecule has 0 N–H and O–H groups in total. The monoisotopic (exact) mass is 252 g/mol. The van der Waals surface area contributed by atoms with E-state index in [1.807, 2.05) is 31.2 Å². The lowest BCUT2D eigenvalue weighted by atomic mass is 9.78. The van der Waals surface area contributed by atoms with E-state index in [4.69, 9.17) is 0 Å². The predicted molar refractivity (Wildman–Crippen MR) is 71.0 cm³/mol. The molecule has 1 aromatic rings. The van der Waals surface area contributed by atoms with E-state index in [9.17, 15) is 8.78 Å². The average molecular weight is 252 g/mol. The highest BCUT2D eigenvalue weighted by atomic mass is 19.3. The molecule has 0 amide bonds. The standard InChI is InChI=1S/C16H22F2/c1-12-3-7-14(8-4-12)11-16(17,18)15-9-5-13(2)6-10-15/h3-4,7-8,13,15H,5-6,9-11H2,1-2H3. The fourth-order valence-electron chi connectivity index (χ4n) is 2.80. The summed E-state index contributed by atoms with van der Waals surface area (Å²) in [5, 5.41) is 0. The molecule has 2 rings (SSSR count). The molecule has 1 aromatic carbocycles. The second kappa shape index (κ2) is 5.38. The van der Waals surface area contributed by atoms with Gasteiger partial charge in [0.15, 0.2) is 0 Å². The highest BCUT2D eigenvalue weighted by Crippen LogP contribution is 2.40. The number of halogens is 2. The number of benzene rings is 1. The molecule has 0 radical (unpaired) electrons. The van der Waals surface area contributed by atoms with Gasteiger partial charge in [-0.25, -0.2) is 8.78 Å². The summed E-state index contributed by atoms with van der Waals surface area (Å²) in [6, 6.07) is 7.48. The first-order chi connectivity index (χ1) is 8.47. The lowest BCUT2D eigenvalue weighted by Crippen LogP contribution is -2.33. The van der Waals surface area contributed by atoms with Crippen LogP contribution in [0.2, 0.25) is 0 Å². The van der Waals surface area contributed by atoms with E-state index in [1.165, 1.54) is 0 Å². The van der Waals surface area contributed by atoms with Crippen molar-refractivity contribution in [2.75, 3.05) is 0 Å². The molecule has 0 unspecified atom stereocenters. The summed E-state index contributed by atoms with van der Waals surface area (Å²) in [5.74, 6) is -2.35. The molecule has 1 saturated carbocycles. The molecule has 1 aliphatic rings. The first kappa shape index (κ1) is 13.5. The SMILES string of the molecule is Cc1ccc(CC(F)(F)C2CCC(C)CC2)cc1. The van der Waals surface area contributed by atoms with Crippen LogP contribution in [0.25, 0.3) is 0 Å². The van der Waals surface area contributed by atoms with Gasteiger partial charge in [0.25, 0.3) is 5.92 Å². The van der Waals surface area contributed by atoms with Crippen molar-refractivity contribution in [2.24, 2.45) is 11.8 Å². The van der Waals surface area contributed by atoms with Gasteiger partial charge in [-0.2, -0.15) is 0 Å². The minimum absolute atomic E-state index is 0.105. The largest absolute Gasteiger partial charge is 0.254 e. The second-order valence-corrected chi connectivity index (χ2v) is 5.88. The Morgan fingerprint density at radius 1 is 1.06 bits per heavy atom. The molecule has 100 valence electrons. The molecule has 0 heterocycles. The number of hydrogen-bond donors (Lipinski definition) is 0. The molecule has 0 saturated heterocycles. The van der Waals surface area contributed by atoms with Gasteiger partial charge in [-0.15, -0.1) is 0 Å². The highest BCUT2D eigenvalue weighted by Gasteiger charge is 2.40. The molecule has 0 bridgehead atoms. The van der Waals surface area contributed by atoms with E-state index in [1.54, 1.807) is 0 Å². The number of rotatable bonds is 3. The Labute approximate surface area is 108 Å². The Morgan fingerprint density at radius 2 is 1.61 bits per heavy atom. The molecule has 18 heavy (non-hydrogen) atoms. The van der Waals surface area contributed by atoms with Crippen LogP contribution in [-0.2, 0) is 6.42 Å². The maximum atomic E-state index is 14.2. The van der Waals surface area contributed by atoms with Gasteiger partial charge < -0.3 is 0 Å². The molecule has 1 fully saturated rings. The third kappa shape index (κ3) is 3.30. The molecular formula is C16H22F2. The van der Waals surface area contributed by atoms with Gasteiger partial charge >= 0.3 is 0 Å². The lowest BCUT2D eigenvalue weighted by molar-refractivity contribution is -0.0735. The number of aryl methyl sites for hydroxylation is 1. The minimum atomic E-state index is -2.55. The van der Waals surface area contributed by atoms with Crippen LogP contribution >= 0.6 is 0 Å². The molecule has 0 atom stereocenters. The van der Waals surface area contributed by atoms with Gasteiger partial charge in [-0.05, 0) is 31.2 Å². The molecule has 2 heteroatoms. The molecular weight excluding hydrogens is 230 g/mol. The van der Waals surface area contributed by atoms with Crippen molar-refractivity contribution in [3.63, 3.8) is 0 Å². The Hall–Kier alpha value is -0.920. The third-order valence-corrected chi connectivity index (χ3v) is 4.17. The van der Waals surface area contributed by atoms with Crippen molar-refractivity contribution in [1.29, 1.82) is 0 Å². The van der Waals surface area contributed by atoms with Crippen molar-refractivity contribution in [1.82, 2.24) is 0 Å². The summed E-state index contributed by atoms with van der Waals surface area (Å²) in [7, 11) is 0. The van der Waals surface area contributed by atoms with Crippen molar-refractivity contribution in [2.45, 2.75) is 51.9 Å². The van der Waals surface area contributed by atoms with Crippen LogP contribution in [0.3, 0.4) is 0 Å². The van der Waals surface area contributed by atoms with Crippen LogP contribution < -0.4 is 0 Å². The first-order valence-corrected chi connectivity index (χ1v) is 6.91. The summed E-state index contributed by atoms with van der Waals surface area (Å²) in [6.07, 6.45) is 3.16. The molecule has 0 aromatic heterocycles. The van der Waals surface area contributed by atoms with Gasteiger partial charge in [0, 0.05) is 12.3 Å². The van der Waals surface area contributed by atoms with E-state index < -0.39 is 11.8 Å². The number of hydrogen-bond acceptors (Lipinski definition) is 0. The van der Waals surface area contributed by atoms with Crippen LogP contribution in [0.1, 0.15) is 43.7 Å². The fourth-order valence-corrected chi connectivity index (χ4v) is 2.80. The van der Waals surface area contributed by atoms with Gasteiger partial charge in [0.1, 0.15) is 0 Å². The zero-order chi connectivity index (χ0) is 13.2. The summed E-state index contributed by atoms with van der Waals surface area (Å²) in [4.78, 5) is 0. The molecule has 0 aliphatic heterocycles. The maximum absolute atomic E-state index is 14.2. The van der Waals surface area contributed by atoms with Crippen LogP contribution in [0.5, 0.6) is 0 Å². The minimum Gasteiger partial charge on any atom is -0.206 e. The quantitative estimate of drug-likeness (QED) is 0.710. The Kier molecular flexibility index (Phi) is 4.04. The van der Waals surface area contributed by atoms with E-state index in [0.29, 0.717) is 18.8 Å². The van der Waals surface area contributed by atoms with E-state index >= 15 is 0 Å². The summed E-state index contributed by atoms with van der Waals surface area (Å²) in [5.41, 5.74) is 1.87. The zero-order valence-electron chi connectivity index (χ0n) is 11.3. The van der Waals surface area contributed by atoms with Crippen LogP contribution in [0.4, 0.5) is 8.78 Å². The molecule has 1 aliphatic carbocycles. The topological polar surface area (TPSA) is 0 Å². The van der Waals surface area contributed by atoms with Gasteiger partial charge in [0.05, 0.1) is 0 Å². The fraction of sp³-hybridized carbons (Fsp3) is 0.625. The predicted octanol–water partition coefficient (Wildman–Crippen LogP) is 5.00. The average Bonchev–Trinajstić information content (AvgIpc) is 2.32. The van der Waals surface area contributed by atoms with Crippen molar-refractivity contribution < 1.29 is 8.78 Å². The van der Waals surface area contributed by atoms with Crippen molar-refractivity contribution in [3.05, 3.63) is 35.4 Å². The van der Waals surface area contributed by atoms with Crippen LogP contribution in [0, 0.1) is 18.8 Å². The number of alkyl halides is 2. The van der Waals surface area contributed by atoms with E-state index in [0.717, 1.165) is 24.0 Å². The smallest absolute Gasteiger partial charge is 0.206 e. The highest BCUT2D eigenvalue weighted by molar-refractivity contribution is 5.22. The molecule has 0 spiro atoms. The van der Waals surface area contributed by atoms with E-state index in [-0.39, 0.29) is 6.42 Å². The van der Waals surface area contributed by atoms with Crippen LogP contribution in [-0.4, -0.2) is 5.92 Å². The van der Waals surface area contributed by atoms with E-state index in [2.05, 4.69) is 6.92 Å². The first-order valence-electron chi connectivity index (χ1n) is 6.91.